The van der Waals surface area contributed by atoms with E-state index in [1.165, 1.54) is 0 Å². The molecule has 7 heteroatoms. The fourth-order valence-corrected chi connectivity index (χ4v) is 3.25. The van der Waals surface area contributed by atoms with E-state index in [-0.39, 0.29) is 5.24 Å². The highest BCUT2D eigenvalue weighted by Crippen LogP contribution is 2.31. The number of amides is 2. The summed E-state index contributed by atoms with van der Waals surface area (Å²) in [6.07, 6.45) is 1.65. The van der Waals surface area contributed by atoms with Crippen LogP contribution in [0.3, 0.4) is 0 Å². The number of rotatable bonds is 4. The Labute approximate surface area is 156 Å². The van der Waals surface area contributed by atoms with Crippen molar-refractivity contribution < 1.29 is 14.3 Å². The summed E-state index contributed by atoms with van der Waals surface area (Å²) in [6, 6.07) is 12.9. The van der Waals surface area contributed by atoms with Gasteiger partial charge in [-0.25, -0.2) is 0 Å². The molecule has 122 valence electrons. The predicted octanol–water partition coefficient (Wildman–Crippen LogP) is 5.01. The van der Waals surface area contributed by atoms with E-state index in [0.29, 0.717) is 27.8 Å². The second-order valence-corrected chi connectivity index (χ2v) is 7.32. The number of hydrogen-bond donors (Lipinski definition) is 1. The van der Waals surface area contributed by atoms with E-state index in [9.17, 15) is 9.59 Å². The highest BCUT2D eigenvalue weighted by molar-refractivity contribution is 9.10. The lowest BCUT2D eigenvalue weighted by molar-refractivity contribution is -0.115. The first-order chi connectivity index (χ1) is 11.5. The minimum absolute atomic E-state index is 0.342. The van der Waals surface area contributed by atoms with Crippen LogP contribution in [-0.2, 0) is 11.4 Å². The molecule has 1 fully saturated rings. The number of imide groups is 1. The molecule has 1 aliphatic heterocycles. The molecule has 1 N–H and O–H groups in total. The minimum Gasteiger partial charge on any atom is -0.488 e. The van der Waals surface area contributed by atoms with Crippen molar-refractivity contribution in [3.05, 3.63) is 68.0 Å². The summed E-state index contributed by atoms with van der Waals surface area (Å²) in [7, 11) is 0. The number of ether oxygens (including phenoxy) is 1. The number of nitrogens with one attached hydrogen (secondary N) is 1. The second kappa shape index (κ2) is 7.42. The van der Waals surface area contributed by atoms with Crippen molar-refractivity contribution >= 4 is 56.5 Å². The van der Waals surface area contributed by atoms with E-state index in [2.05, 4.69) is 21.2 Å². The predicted molar refractivity (Wildman–Crippen MR) is 99.0 cm³/mol. The van der Waals surface area contributed by atoms with Gasteiger partial charge in [0.15, 0.2) is 0 Å². The molecule has 2 aromatic rings. The molecule has 2 aromatic carbocycles. The summed E-state index contributed by atoms with van der Waals surface area (Å²) in [5.41, 5.74) is 1.69. The molecule has 0 unspecified atom stereocenters. The lowest BCUT2D eigenvalue weighted by Gasteiger charge is -2.10. The summed E-state index contributed by atoms with van der Waals surface area (Å²) in [5.74, 6) is 0.224. The first-order valence-electron chi connectivity index (χ1n) is 6.93. The van der Waals surface area contributed by atoms with Crippen LogP contribution in [0.25, 0.3) is 6.08 Å². The van der Waals surface area contributed by atoms with E-state index in [4.69, 9.17) is 16.3 Å². The van der Waals surface area contributed by atoms with Crippen molar-refractivity contribution in [3.63, 3.8) is 0 Å². The van der Waals surface area contributed by atoms with Crippen LogP contribution in [0, 0.1) is 0 Å². The standard InChI is InChI=1S/C17H11BrClNO3S/c18-12-3-6-14(23-9-10-1-4-13(19)5-2-10)11(7-12)8-15-16(21)20-17(22)24-15/h1-8H,9H2,(H,20,21,22)/b15-8-. The van der Waals surface area contributed by atoms with Crippen LogP contribution in [0.2, 0.25) is 5.02 Å². The molecule has 1 saturated heterocycles. The molecule has 3 rings (SSSR count). The highest BCUT2D eigenvalue weighted by Gasteiger charge is 2.25. The first-order valence-corrected chi connectivity index (χ1v) is 8.92. The van der Waals surface area contributed by atoms with Gasteiger partial charge < -0.3 is 4.74 Å². The largest absolute Gasteiger partial charge is 0.488 e. The molecule has 0 spiro atoms. The summed E-state index contributed by atoms with van der Waals surface area (Å²) < 4.78 is 6.71. The Bertz CT molecular complexity index is 836. The molecule has 1 heterocycles. The van der Waals surface area contributed by atoms with Crippen molar-refractivity contribution in [3.8, 4) is 5.75 Å². The molecule has 0 saturated carbocycles. The molecule has 2 amide bonds. The Morgan fingerprint density at radius 2 is 1.92 bits per heavy atom. The zero-order valence-corrected chi connectivity index (χ0v) is 15.4. The van der Waals surface area contributed by atoms with Crippen molar-refractivity contribution in [2.45, 2.75) is 6.61 Å². The van der Waals surface area contributed by atoms with Gasteiger partial charge in [-0.1, -0.05) is 39.7 Å². The van der Waals surface area contributed by atoms with Gasteiger partial charge in [-0.05, 0) is 53.7 Å². The maximum atomic E-state index is 11.7. The second-order valence-electron chi connectivity index (χ2n) is 4.95. The maximum Gasteiger partial charge on any atom is 0.290 e. The van der Waals surface area contributed by atoms with E-state index < -0.39 is 5.91 Å². The van der Waals surface area contributed by atoms with Crippen molar-refractivity contribution in [1.29, 1.82) is 0 Å². The Kier molecular flexibility index (Phi) is 5.28. The Morgan fingerprint density at radius 3 is 2.58 bits per heavy atom. The van der Waals surface area contributed by atoms with Crippen molar-refractivity contribution in [1.82, 2.24) is 5.32 Å². The van der Waals surface area contributed by atoms with E-state index >= 15 is 0 Å². The third-order valence-electron chi connectivity index (χ3n) is 3.21. The third kappa shape index (κ3) is 4.20. The zero-order valence-electron chi connectivity index (χ0n) is 12.2. The lowest BCUT2D eigenvalue weighted by atomic mass is 10.2. The van der Waals surface area contributed by atoms with Crippen LogP contribution >= 0.6 is 39.3 Å². The summed E-state index contributed by atoms with van der Waals surface area (Å²) in [4.78, 5) is 23.3. The number of carbonyl (C=O) groups is 2. The van der Waals surface area contributed by atoms with Crippen LogP contribution in [0.1, 0.15) is 11.1 Å². The molecular weight excluding hydrogens is 414 g/mol. The van der Waals surface area contributed by atoms with Crippen LogP contribution in [0.4, 0.5) is 4.79 Å². The molecular formula is C17H11BrClNO3S. The number of halogens is 2. The average molecular weight is 425 g/mol. The Balaban J connectivity index is 1.83. The first kappa shape index (κ1) is 17.1. The topological polar surface area (TPSA) is 55.4 Å². The quantitative estimate of drug-likeness (QED) is 0.701. The molecule has 4 nitrogen and oxygen atoms in total. The van der Waals surface area contributed by atoms with Gasteiger partial charge in [0.25, 0.3) is 11.1 Å². The third-order valence-corrected chi connectivity index (χ3v) is 4.76. The van der Waals surface area contributed by atoms with E-state index in [1.807, 2.05) is 30.3 Å². The van der Waals surface area contributed by atoms with Crippen molar-refractivity contribution in [2.75, 3.05) is 0 Å². The summed E-state index contributed by atoms with van der Waals surface area (Å²) in [5, 5.41) is 2.53. The molecule has 0 bridgehead atoms. The molecule has 0 radical (unpaired) electrons. The fourth-order valence-electron chi connectivity index (χ4n) is 2.07. The molecule has 1 aliphatic rings. The zero-order chi connectivity index (χ0) is 17.1. The van der Waals surface area contributed by atoms with Crippen LogP contribution in [-0.4, -0.2) is 11.1 Å². The number of carbonyl (C=O) groups excluding carboxylic acids is 2. The van der Waals surface area contributed by atoms with Gasteiger partial charge in [-0.2, -0.15) is 0 Å². The van der Waals surface area contributed by atoms with Crippen LogP contribution < -0.4 is 10.1 Å². The monoisotopic (exact) mass is 423 g/mol. The highest BCUT2D eigenvalue weighted by atomic mass is 79.9. The van der Waals surface area contributed by atoms with Crippen molar-refractivity contribution in [2.24, 2.45) is 0 Å². The number of benzene rings is 2. The van der Waals surface area contributed by atoms with Gasteiger partial charge in [0.05, 0.1) is 4.91 Å². The molecule has 0 atom stereocenters. The fraction of sp³-hybridized carbons (Fsp3) is 0.0588. The van der Waals surface area contributed by atoms with E-state index in [1.54, 1.807) is 18.2 Å². The summed E-state index contributed by atoms with van der Waals surface area (Å²) >= 11 is 10.1. The van der Waals surface area contributed by atoms with E-state index in [0.717, 1.165) is 21.8 Å². The lowest BCUT2D eigenvalue weighted by Crippen LogP contribution is -2.17. The van der Waals surface area contributed by atoms with Gasteiger partial charge >= 0.3 is 0 Å². The van der Waals surface area contributed by atoms with Gasteiger partial charge in [-0.15, -0.1) is 0 Å². The van der Waals surface area contributed by atoms with Gasteiger partial charge in [0.2, 0.25) is 0 Å². The SMILES string of the molecule is O=C1NC(=O)/C(=C/c2cc(Br)ccc2OCc2ccc(Cl)cc2)S1. The normalized spacial score (nSPS) is 15.7. The average Bonchev–Trinajstić information content (AvgIpc) is 2.86. The number of hydrogen-bond acceptors (Lipinski definition) is 4. The van der Waals surface area contributed by atoms with Gasteiger partial charge in [0, 0.05) is 15.1 Å². The summed E-state index contributed by atoms with van der Waals surface area (Å²) in [6.45, 7) is 0.368. The van der Waals surface area contributed by atoms with Gasteiger partial charge in [0.1, 0.15) is 12.4 Å². The molecule has 24 heavy (non-hydrogen) atoms. The molecule has 0 aliphatic carbocycles. The Morgan fingerprint density at radius 1 is 1.17 bits per heavy atom. The Hall–Kier alpha value is -1.76. The smallest absolute Gasteiger partial charge is 0.290 e. The van der Waals surface area contributed by atoms with Crippen LogP contribution in [0.15, 0.2) is 51.8 Å². The minimum atomic E-state index is -0.395. The number of thioether (sulfide) groups is 1. The molecule has 0 aromatic heterocycles. The van der Waals surface area contributed by atoms with Crippen LogP contribution in [0.5, 0.6) is 5.75 Å². The maximum absolute atomic E-state index is 11.7. The van der Waals surface area contributed by atoms with Gasteiger partial charge in [-0.3, -0.25) is 14.9 Å².